The molecule has 2 nitrogen and oxygen atoms in total. The Morgan fingerprint density at radius 2 is 1.65 bits per heavy atom. The summed E-state index contributed by atoms with van der Waals surface area (Å²) in [6, 6.07) is 6.51. The predicted octanol–water partition coefficient (Wildman–Crippen LogP) is 4.06. The summed E-state index contributed by atoms with van der Waals surface area (Å²) in [5.74, 6) is 4.02. The van der Waals surface area contributed by atoms with Crippen LogP contribution < -0.4 is 0 Å². The zero-order valence-corrected chi connectivity index (χ0v) is 11.7. The maximum atomic E-state index is 9.64. The first kappa shape index (κ1) is 12.1. The van der Waals surface area contributed by atoms with Crippen LogP contribution in [0, 0.1) is 40.9 Å². The summed E-state index contributed by atoms with van der Waals surface area (Å²) in [4.78, 5) is 4.05. The van der Waals surface area contributed by atoms with E-state index in [4.69, 9.17) is 0 Å². The van der Waals surface area contributed by atoms with Gasteiger partial charge in [0.15, 0.2) is 0 Å². The van der Waals surface area contributed by atoms with Gasteiger partial charge in [0.1, 0.15) is 0 Å². The van der Waals surface area contributed by atoms with Gasteiger partial charge in [-0.05, 0) is 85.5 Å². The molecule has 0 radical (unpaired) electrons. The molecule has 0 amide bonds. The van der Waals surface area contributed by atoms with Crippen molar-refractivity contribution < 1.29 is 0 Å². The van der Waals surface area contributed by atoms with Crippen molar-refractivity contribution in [1.82, 2.24) is 4.98 Å². The largest absolute Gasteiger partial charge is 0.265 e. The Kier molecular flexibility index (Phi) is 2.88. The summed E-state index contributed by atoms with van der Waals surface area (Å²) in [6.45, 7) is 0. The number of hydrogen-bond acceptors (Lipinski definition) is 2. The number of hydrogen-bond donors (Lipinski definition) is 0. The lowest BCUT2D eigenvalue weighted by Crippen LogP contribution is -2.45. The minimum Gasteiger partial charge on any atom is -0.265 e. The lowest BCUT2D eigenvalue weighted by Gasteiger charge is -2.54. The highest BCUT2D eigenvalue weighted by atomic mass is 14.6. The molecule has 4 bridgehead atoms. The topological polar surface area (TPSA) is 36.7 Å². The molecule has 1 aromatic heterocycles. The number of allylic oxidation sites excluding steroid dienone is 1. The van der Waals surface area contributed by atoms with Gasteiger partial charge in [-0.15, -0.1) is 0 Å². The normalized spacial score (nSPS) is 38.8. The van der Waals surface area contributed by atoms with Crippen LogP contribution in [-0.4, -0.2) is 4.98 Å². The van der Waals surface area contributed by atoms with E-state index in [1.807, 2.05) is 12.1 Å². The van der Waals surface area contributed by atoms with Crippen LogP contribution in [0.5, 0.6) is 0 Å². The van der Waals surface area contributed by atoms with Gasteiger partial charge in [-0.25, -0.2) is 0 Å². The van der Waals surface area contributed by atoms with E-state index in [-0.39, 0.29) is 0 Å². The van der Waals surface area contributed by atoms with Gasteiger partial charge in [0, 0.05) is 18.0 Å². The molecule has 0 atom stereocenters. The Labute approximate surface area is 120 Å². The van der Waals surface area contributed by atoms with E-state index in [1.165, 1.54) is 32.1 Å². The summed E-state index contributed by atoms with van der Waals surface area (Å²) in [5, 5.41) is 9.64. The fourth-order valence-electron chi connectivity index (χ4n) is 5.28. The van der Waals surface area contributed by atoms with Gasteiger partial charge in [0.2, 0.25) is 0 Å². The number of nitriles is 1. The Bertz CT molecular complexity index is 539. The van der Waals surface area contributed by atoms with Gasteiger partial charge < -0.3 is 0 Å². The number of pyridine rings is 1. The zero-order chi connectivity index (χ0) is 13.5. The molecule has 20 heavy (non-hydrogen) atoms. The van der Waals surface area contributed by atoms with Crippen LogP contribution in [0.15, 0.2) is 30.1 Å². The smallest absolute Gasteiger partial charge is 0.0950 e. The Hall–Kier alpha value is -1.62. The molecule has 1 aromatic rings. The lowest BCUT2D eigenvalue weighted by atomic mass is 9.50. The van der Waals surface area contributed by atoms with Gasteiger partial charge in [-0.2, -0.15) is 5.26 Å². The highest BCUT2D eigenvalue weighted by molar-refractivity contribution is 5.57. The van der Waals surface area contributed by atoms with Crippen molar-refractivity contribution in [2.75, 3.05) is 0 Å². The molecule has 4 aliphatic carbocycles. The van der Waals surface area contributed by atoms with Gasteiger partial charge >= 0.3 is 0 Å². The van der Waals surface area contributed by atoms with E-state index in [9.17, 15) is 5.26 Å². The summed E-state index contributed by atoms with van der Waals surface area (Å²) in [5.41, 5.74) is 2.13. The molecule has 0 N–H and O–H groups in total. The second-order valence-electron chi connectivity index (χ2n) is 6.95. The van der Waals surface area contributed by atoms with Crippen LogP contribution in [0.4, 0.5) is 0 Å². The Morgan fingerprint density at radius 3 is 2.20 bits per heavy atom. The molecule has 4 saturated carbocycles. The third kappa shape index (κ3) is 1.97. The van der Waals surface area contributed by atoms with Gasteiger partial charge in [-0.3, -0.25) is 4.98 Å². The first-order chi connectivity index (χ1) is 9.83. The third-order valence-electron chi connectivity index (χ3n) is 5.74. The summed E-state index contributed by atoms with van der Waals surface area (Å²) in [7, 11) is 0. The first-order valence-corrected chi connectivity index (χ1v) is 7.85. The maximum absolute atomic E-state index is 9.64. The van der Waals surface area contributed by atoms with Crippen LogP contribution in [0.3, 0.4) is 0 Å². The van der Waals surface area contributed by atoms with E-state index in [0.29, 0.717) is 5.92 Å². The number of aromatic nitrogens is 1. The molecule has 4 aliphatic rings. The van der Waals surface area contributed by atoms with E-state index < -0.39 is 0 Å². The van der Waals surface area contributed by atoms with Crippen molar-refractivity contribution in [3.63, 3.8) is 0 Å². The highest BCUT2D eigenvalue weighted by Crippen LogP contribution is 2.58. The quantitative estimate of drug-likeness (QED) is 0.755. The summed E-state index contributed by atoms with van der Waals surface area (Å²) in [6.07, 6.45) is 12.7. The second kappa shape index (κ2) is 4.74. The van der Waals surface area contributed by atoms with Crippen molar-refractivity contribution in [3.8, 4) is 6.07 Å². The molecule has 0 aromatic carbocycles. The van der Waals surface area contributed by atoms with E-state index in [1.54, 1.807) is 12.4 Å². The fourth-order valence-corrected chi connectivity index (χ4v) is 5.28. The van der Waals surface area contributed by atoms with Gasteiger partial charge in [0.05, 0.1) is 6.07 Å². The highest BCUT2D eigenvalue weighted by Gasteiger charge is 2.49. The van der Waals surface area contributed by atoms with E-state index in [0.717, 1.165) is 34.8 Å². The number of nitrogens with zero attached hydrogens (tertiary/aromatic N) is 2. The van der Waals surface area contributed by atoms with Crippen molar-refractivity contribution >= 4 is 6.08 Å². The summed E-state index contributed by atoms with van der Waals surface area (Å²) < 4.78 is 0. The van der Waals surface area contributed by atoms with Crippen molar-refractivity contribution in [2.24, 2.45) is 29.6 Å². The molecular weight excluding hydrogens is 244 g/mol. The second-order valence-corrected chi connectivity index (χ2v) is 6.95. The molecule has 0 unspecified atom stereocenters. The Morgan fingerprint density at radius 1 is 1.05 bits per heavy atom. The molecule has 0 spiro atoms. The SMILES string of the molecule is N#C/C(=C\c1ccncc1)C1C2CC3CC(C2)CC1C3. The fraction of sp³-hybridized carbons (Fsp3) is 0.556. The molecule has 0 aliphatic heterocycles. The minimum absolute atomic E-state index is 0.529. The summed E-state index contributed by atoms with van der Waals surface area (Å²) >= 11 is 0. The van der Waals surface area contributed by atoms with Crippen molar-refractivity contribution in [1.29, 1.82) is 5.26 Å². The van der Waals surface area contributed by atoms with Crippen LogP contribution in [0.2, 0.25) is 0 Å². The van der Waals surface area contributed by atoms with Crippen LogP contribution in [-0.2, 0) is 0 Å². The minimum atomic E-state index is 0.529. The van der Waals surface area contributed by atoms with Crippen LogP contribution in [0.25, 0.3) is 6.08 Å². The van der Waals surface area contributed by atoms with Crippen molar-refractivity contribution in [2.45, 2.75) is 32.1 Å². The monoisotopic (exact) mass is 264 g/mol. The van der Waals surface area contributed by atoms with Crippen LogP contribution >= 0.6 is 0 Å². The zero-order valence-electron chi connectivity index (χ0n) is 11.7. The standard InChI is InChI=1S/C18H20N2/c19-11-17(6-12-1-3-20-4-2-12)18-15-7-13-5-14(9-15)10-16(18)8-13/h1-4,6,13-16,18H,5,7-10H2/b17-6+. The molecule has 2 heteroatoms. The molecular formula is C18H20N2. The van der Waals surface area contributed by atoms with Crippen molar-refractivity contribution in [3.05, 3.63) is 35.7 Å². The molecule has 102 valence electrons. The van der Waals surface area contributed by atoms with E-state index >= 15 is 0 Å². The molecule has 5 rings (SSSR count). The van der Waals surface area contributed by atoms with E-state index in [2.05, 4.69) is 17.1 Å². The average Bonchev–Trinajstić information content (AvgIpc) is 2.46. The lowest BCUT2D eigenvalue weighted by molar-refractivity contribution is -0.0187. The van der Waals surface area contributed by atoms with Crippen LogP contribution in [0.1, 0.15) is 37.7 Å². The third-order valence-corrected chi connectivity index (χ3v) is 5.74. The first-order valence-electron chi connectivity index (χ1n) is 7.85. The molecule has 1 heterocycles. The van der Waals surface area contributed by atoms with Gasteiger partial charge in [-0.1, -0.05) is 0 Å². The Balaban J connectivity index is 1.66. The average molecular weight is 264 g/mol. The molecule has 4 fully saturated rings. The van der Waals surface area contributed by atoms with Gasteiger partial charge in [0.25, 0.3) is 0 Å². The maximum Gasteiger partial charge on any atom is 0.0950 e. The predicted molar refractivity (Wildman–Crippen MR) is 78.4 cm³/mol. The molecule has 0 saturated heterocycles. The number of rotatable bonds is 2.